The molecule has 2 heterocycles. The van der Waals surface area contributed by atoms with E-state index >= 15 is 0 Å². The number of ether oxygens (including phenoxy) is 2. The number of carbonyl (C=O) groups is 1. The van der Waals surface area contributed by atoms with Gasteiger partial charge in [-0.2, -0.15) is 0 Å². The largest absolute Gasteiger partial charge is 0.462 e. The van der Waals surface area contributed by atoms with Gasteiger partial charge in [-0.15, -0.1) is 0 Å². The van der Waals surface area contributed by atoms with E-state index in [1.165, 1.54) is 0 Å². The van der Waals surface area contributed by atoms with Gasteiger partial charge in [-0.05, 0) is 25.1 Å². The number of fused-ring (bicyclic) bond motifs is 2. The van der Waals surface area contributed by atoms with Gasteiger partial charge in [0, 0.05) is 12.3 Å². The third kappa shape index (κ3) is 2.14. The Hall–Kier alpha value is -0.393. The van der Waals surface area contributed by atoms with Gasteiger partial charge in [-0.1, -0.05) is 20.8 Å². The number of esters is 1. The Morgan fingerprint density at radius 1 is 1.30 bits per heavy atom. The molecular weight excluding hydrogens is 272 g/mol. The molecule has 0 N–H and O–H groups in total. The first-order valence-corrected chi connectivity index (χ1v) is 10.5. The van der Waals surface area contributed by atoms with Crippen LogP contribution in [0.15, 0.2) is 0 Å². The lowest BCUT2D eigenvalue weighted by Gasteiger charge is -2.39. The molecule has 2 saturated heterocycles. The molecule has 2 aliphatic heterocycles. The molecule has 3 aliphatic rings. The van der Waals surface area contributed by atoms with Crippen molar-refractivity contribution >= 4 is 14.3 Å². The van der Waals surface area contributed by atoms with Gasteiger partial charge in [0.2, 0.25) is 0 Å². The third-order valence-corrected chi connectivity index (χ3v) is 10.4. The molecule has 0 radical (unpaired) electrons. The van der Waals surface area contributed by atoms with Crippen LogP contribution in [0.4, 0.5) is 0 Å². The third-order valence-electron chi connectivity index (χ3n) is 5.75. The molecule has 5 heteroatoms. The number of hydrogen-bond acceptors (Lipinski definition) is 4. The highest BCUT2D eigenvalue weighted by Crippen LogP contribution is 2.54. The minimum absolute atomic E-state index is 0.00789. The highest BCUT2D eigenvalue weighted by Gasteiger charge is 2.67. The van der Waals surface area contributed by atoms with Crippen LogP contribution in [0.3, 0.4) is 0 Å². The Bertz CT molecular complexity index is 400. The van der Waals surface area contributed by atoms with Crippen molar-refractivity contribution in [1.82, 2.24) is 0 Å². The summed E-state index contributed by atoms with van der Waals surface area (Å²) in [5.41, 5.74) is -0.119. The maximum absolute atomic E-state index is 11.6. The molecule has 0 unspecified atom stereocenters. The van der Waals surface area contributed by atoms with Crippen LogP contribution in [-0.2, 0) is 18.7 Å². The smallest absolute Gasteiger partial charge is 0.306 e. The molecule has 114 valence electrons. The fraction of sp³-hybridized carbons (Fsp3) is 0.933. The lowest BCUT2D eigenvalue weighted by atomic mass is 9.78. The molecular formula is C15H26O4Si. The zero-order chi connectivity index (χ0) is 14.5. The summed E-state index contributed by atoms with van der Waals surface area (Å²) in [5.74, 6) is 0.148. The summed E-state index contributed by atoms with van der Waals surface area (Å²) < 4.78 is 18.1. The van der Waals surface area contributed by atoms with Gasteiger partial charge in [0.1, 0.15) is 12.2 Å². The van der Waals surface area contributed by atoms with Crippen molar-refractivity contribution < 1.29 is 18.7 Å². The van der Waals surface area contributed by atoms with Crippen LogP contribution >= 0.6 is 0 Å². The van der Waals surface area contributed by atoms with E-state index < -0.39 is 8.32 Å². The molecule has 0 aromatic rings. The molecule has 0 spiro atoms. The molecule has 0 amide bonds. The summed E-state index contributed by atoms with van der Waals surface area (Å²) in [6.07, 6.45) is 1.60. The summed E-state index contributed by atoms with van der Waals surface area (Å²) >= 11 is 0. The fourth-order valence-electron chi connectivity index (χ4n) is 4.05. The van der Waals surface area contributed by atoms with E-state index in [1.54, 1.807) is 0 Å². The van der Waals surface area contributed by atoms with Crippen molar-refractivity contribution in [2.24, 2.45) is 5.92 Å². The second-order valence-electron chi connectivity index (χ2n) is 6.78. The number of epoxide rings is 1. The summed E-state index contributed by atoms with van der Waals surface area (Å²) in [4.78, 5) is 11.6. The molecule has 4 nitrogen and oxygen atoms in total. The number of carbonyl (C=O) groups excluding carboxylic acids is 1. The Morgan fingerprint density at radius 2 is 1.95 bits per heavy atom. The summed E-state index contributed by atoms with van der Waals surface area (Å²) in [5, 5.41) is 0. The quantitative estimate of drug-likeness (QED) is 0.445. The van der Waals surface area contributed by atoms with Gasteiger partial charge in [0.05, 0.1) is 18.1 Å². The Kier molecular flexibility index (Phi) is 3.50. The number of rotatable bonds is 5. The van der Waals surface area contributed by atoms with E-state index in [1.807, 2.05) is 0 Å². The predicted octanol–water partition coefficient (Wildman–Crippen LogP) is 2.87. The Labute approximate surface area is 122 Å². The van der Waals surface area contributed by atoms with Crippen molar-refractivity contribution in [2.45, 2.75) is 82.6 Å². The Balaban J connectivity index is 1.81. The first-order valence-electron chi connectivity index (χ1n) is 8.02. The van der Waals surface area contributed by atoms with Crippen LogP contribution in [0.1, 0.15) is 40.5 Å². The number of hydrogen-bond donors (Lipinski definition) is 0. The van der Waals surface area contributed by atoms with Gasteiger partial charge in [0.25, 0.3) is 0 Å². The molecule has 3 rings (SSSR count). The highest BCUT2D eigenvalue weighted by atomic mass is 28.4. The van der Waals surface area contributed by atoms with Crippen LogP contribution in [0.25, 0.3) is 0 Å². The van der Waals surface area contributed by atoms with Crippen molar-refractivity contribution in [3.8, 4) is 0 Å². The fourth-order valence-corrected chi connectivity index (χ4v) is 6.92. The van der Waals surface area contributed by atoms with Crippen molar-refractivity contribution in [3.63, 3.8) is 0 Å². The topological polar surface area (TPSA) is 48.1 Å². The summed E-state index contributed by atoms with van der Waals surface area (Å²) in [7, 11) is -1.68. The van der Waals surface area contributed by atoms with E-state index in [4.69, 9.17) is 13.9 Å². The standard InChI is InChI=1S/C15H26O4Si/c1-5-20(6-2,7-3)19-13-10-8-12(16)17-11(10)9-15(4)14(13)18-15/h10-11,13-14H,5-9H2,1-4H3/t10-,11-,13-,14-,15+/m0/s1. The van der Waals surface area contributed by atoms with Crippen molar-refractivity contribution in [2.75, 3.05) is 0 Å². The minimum Gasteiger partial charge on any atom is -0.462 e. The van der Waals surface area contributed by atoms with Crippen molar-refractivity contribution in [1.29, 1.82) is 0 Å². The zero-order valence-corrected chi connectivity index (χ0v) is 14.0. The van der Waals surface area contributed by atoms with Gasteiger partial charge < -0.3 is 13.9 Å². The van der Waals surface area contributed by atoms with Gasteiger partial charge in [-0.3, -0.25) is 4.79 Å². The van der Waals surface area contributed by atoms with Gasteiger partial charge in [-0.25, -0.2) is 0 Å². The van der Waals surface area contributed by atoms with E-state index in [-0.39, 0.29) is 35.8 Å². The highest BCUT2D eigenvalue weighted by molar-refractivity contribution is 6.73. The molecule has 3 fully saturated rings. The molecule has 1 aliphatic carbocycles. The lowest BCUT2D eigenvalue weighted by Crippen LogP contribution is -2.50. The molecule has 1 saturated carbocycles. The van der Waals surface area contributed by atoms with E-state index in [2.05, 4.69) is 27.7 Å². The minimum atomic E-state index is -1.68. The second-order valence-corrected chi connectivity index (χ2v) is 11.5. The van der Waals surface area contributed by atoms with Crippen LogP contribution in [-0.4, -0.2) is 38.2 Å². The normalized spacial score (nSPS) is 42.9. The van der Waals surface area contributed by atoms with Crippen LogP contribution in [0, 0.1) is 5.92 Å². The molecule has 0 aromatic carbocycles. The first-order chi connectivity index (χ1) is 9.47. The van der Waals surface area contributed by atoms with Gasteiger partial charge in [0.15, 0.2) is 8.32 Å². The van der Waals surface area contributed by atoms with Crippen molar-refractivity contribution in [3.05, 3.63) is 0 Å². The van der Waals surface area contributed by atoms with Crippen LogP contribution < -0.4 is 0 Å². The predicted molar refractivity (Wildman–Crippen MR) is 78.0 cm³/mol. The summed E-state index contributed by atoms with van der Waals surface area (Å²) in [6.45, 7) is 8.85. The Morgan fingerprint density at radius 3 is 2.55 bits per heavy atom. The summed E-state index contributed by atoms with van der Waals surface area (Å²) in [6, 6.07) is 3.39. The van der Waals surface area contributed by atoms with Crippen LogP contribution in [0.5, 0.6) is 0 Å². The molecule has 5 atom stereocenters. The average molecular weight is 298 g/mol. The second kappa shape index (κ2) is 4.82. The lowest BCUT2D eigenvalue weighted by molar-refractivity contribution is -0.142. The monoisotopic (exact) mass is 298 g/mol. The van der Waals surface area contributed by atoms with Gasteiger partial charge >= 0.3 is 5.97 Å². The first kappa shape index (κ1) is 14.5. The van der Waals surface area contributed by atoms with E-state index in [0.29, 0.717) is 6.42 Å². The SMILES string of the molecule is CC[Si](CC)(CC)O[C@H]1[C@H]2CC(=O)O[C@H]2C[C@@]2(C)O[C@@H]12. The average Bonchev–Trinajstić information content (AvgIpc) is 2.97. The van der Waals surface area contributed by atoms with Crippen LogP contribution in [0.2, 0.25) is 18.1 Å². The molecule has 0 aromatic heterocycles. The molecule has 0 bridgehead atoms. The molecule has 20 heavy (non-hydrogen) atoms. The van der Waals surface area contributed by atoms with E-state index in [0.717, 1.165) is 24.6 Å². The zero-order valence-electron chi connectivity index (χ0n) is 13.0. The maximum atomic E-state index is 11.6. The maximum Gasteiger partial charge on any atom is 0.306 e. The van der Waals surface area contributed by atoms with E-state index in [9.17, 15) is 4.79 Å².